The molecule has 0 bridgehead atoms. The molecule has 4 aromatic rings. The summed E-state index contributed by atoms with van der Waals surface area (Å²) < 4.78 is 30.0. The Bertz CT molecular complexity index is 1290. The lowest BCUT2D eigenvalue weighted by Crippen LogP contribution is -2.00. The molecular formula is C23H14FNO5. The predicted molar refractivity (Wildman–Crippen MR) is 107 cm³/mol. The van der Waals surface area contributed by atoms with E-state index in [1.807, 2.05) is 0 Å². The monoisotopic (exact) mass is 403 g/mol. The highest BCUT2D eigenvalue weighted by molar-refractivity contribution is 6.03. The first kappa shape index (κ1) is 17.9. The van der Waals surface area contributed by atoms with Crippen LogP contribution in [0.1, 0.15) is 10.4 Å². The van der Waals surface area contributed by atoms with Gasteiger partial charge in [-0.1, -0.05) is 0 Å². The van der Waals surface area contributed by atoms with E-state index in [-0.39, 0.29) is 17.7 Å². The maximum absolute atomic E-state index is 13.6. The van der Waals surface area contributed by atoms with Crippen molar-refractivity contribution < 1.29 is 28.5 Å². The summed E-state index contributed by atoms with van der Waals surface area (Å²) >= 11 is 0. The van der Waals surface area contributed by atoms with Crippen molar-refractivity contribution in [1.82, 2.24) is 4.98 Å². The van der Waals surface area contributed by atoms with Crippen molar-refractivity contribution in [2.75, 3.05) is 6.79 Å². The van der Waals surface area contributed by atoms with E-state index in [4.69, 9.17) is 14.2 Å². The minimum Gasteiger partial charge on any atom is -0.478 e. The van der Waals surface area contributed by atoms with Crippen LogP contribution < -0.4 is 14.2 Å². The summed E-state index contributed by atoms with van der Waals surface area (Å²) in [7, 11) is 0. The van der Waals surface area contributed by atoms with Gasteiger partial charge < -0.3 is 19.3 Å². The molecule has 1 aliphatic heterocycles. The summed E-state index contributed by atoms with van der Waals surface area (Å²) in [6.45, 7) is 0.192. The fourth-order valence-corrected chi connectivity index (χ4v) is 3.29. The van der Waals surface area contributed by atoms with Crippen molar-refractivity contribution in [2.45, 2.75) is 0 Å². The number of carboxylic acid groups (broad SMARTS) is 1. The Balaban J connectivity index is 1.46. The van der Waals surface area contributed by atoms with Gasteiger partial charge in [0.2, 0.25) is 6.79 Å². The second-order valence-corrected chi connectivity index (χ2v) is 6.66. The molecule has 0 aliphatic carbocycles. The molecule has 0 saturated carbocycles. The van der Waals surface area contributed by atoms with Crippen LogP contribution in [-0.2, 0) is 0 Å². The van der Waals surface area contributed by atoms with Gasteiger partial charge in [-0.2, -0.15) is 0 Å². The molecule has 0 radical (unpaired) electrons. The SMILES string of the molecule is O=C(O)c1cc(-c2ccc(Oc3ccc4c(c3)OCO4)cc2)nc2ccc(F)cc12. The molecule has 7 heteroatoms. The lowest BCUT2D eigenvalue weighted by atomic mass is 10.0. The topological polar surface area (TPSA) is 77.9 Å². The first-order valence-corrected chi connectivity index (χ1v) is 9.08. The number of nitrogens with zero attached hydrogens (tertiary/aromatic N) is 1. The number of hydrogen-bond donors (Lipinski definition) is 1. The molecule has 0 unspecified atom stereocenters. The molecule has 0 amide bonds. The Hall–Kier alpha value is -4.13. The summed E-state index contributed by atoms with van der Waals surface area (Å²) in [6.07, 6.45) is 0. The number of benzene rings is 3. The van der Waals surface area contributed by atoms with Gasteiger partial charge in [0.05, 0.1) is 16.8 Å². The average molecular weight is 403 g/mol. The van der Waals surface area contributed by atoms with Crippen LogP contribution in [0.15, 0.2) is 66.7 Å². The summed E-state index contributed by atoms with van der Waals surface area (Å²) in [5.41, 5.74) is 1.59. The Morgan fingerprint density at radius 2 is 1.70 bits per heavy atom. The Kier molecular flexibility index (Phi) is 4.21. The molecular weight excluding hydrogens is 389 g/mol. The largest absolute Gasteiger partial charge is 0.478 e. The highest BCUT2D eigenvalue weighted by Crippen LogP contribution is 2.37. The number of ether oxygens (including phenoxy) is 3. The zero-order valence-electron chi connectivity index (χ0n) is 15.5. The maximum Gasteiger partial charge on any atom is 0.336 e. The van der Waals surface area contributed by atoms with Crippen molar-refractivity contribution in [2.24, 2.45) is 0 Å². The molecule has 148 valence electrons. The molecule has 30 heavy (non-hydrogen) atoms. The third-order valence-electron chi connectivity index (χ3n) is 4.73. The van der Waals surface area contributed by atoms with E-state index in [0.717, 1.165) is 0 Å². The molecule has 1 aliphatic rings. The van der Waals surface area contributed by atoms with Crippen molar-refractivity contribution in [3.63, 3.8) is 0 Å². The molecule has 1 aromatic heterocycles. The van der Waals surface area contributed by atoms with Gasteiger partial charge >= 0.3 is 5.97 Å². The zero-order chi connectivity index (χ0) is 20.7. The second-order valence-electron chi connectivity index (χ2n) is 6.66. The van der Waals surface area contributed by atoms with Gasteiger partial charge in [-0.25, -0.2) is 14.2 Å². The fraction of sp³-hybridized carbons (Fsp3) is 0.0435. The van der Waals surface area contributed by atoms with Gasteiger partial charge in [0.1, 0.15) is 17.3 Å². The number of rotatable bonds is 4. The minimum absolute atomic E-state index is 0.00446. The quantitative estimate of drug-likeness (QED) is 0.501. The summed E-state index contributed by atoms with van der Waals surface area (Å²) in [4.78, 5) is 16.1. The van der Waals surface area contributed by atoms with E-state index in [2.05, 4.69) is 4.98 Å². The first-order chi connectivity index (χ1) is 14.6. The number of carboxylic acids is 1. The van der Waals surface area contributed by atoms with Crippen LogP contribution >= 0.6 is 0 Å². The van der Waals surface area contributed by atoms with Gasteiger partial charge in [0.15, 0.2) is 11.5 Å². The molecule has 0 saturated heterocycles. The van der Waals surface area contributed by atoms with E-state index in [1.165, 1.54) is 24.3 Å². The first-order valence-electron chi connectivity index (χ1n) is 9.08. The molecule has 0 fully saturated rings. The molecule has 1 N–H and O–H groups in total. The van der Waals surface area contributed by atoms with Crippen LogP contribution in [0.3, 0.4) is 0 Å². The van der Waals surface area contributed by atoms with E-state index >= 15 is 0 Å². The number of aromatic carboxylic acids is 1. The number of halogens is 1. The highest BCUT2D eigenvalue weighted by Gasteiger charge is 2.15. The molecule has 0 atom stereocenters. The smallest absolute Gasteiger partial charge is 0.336 e. The fourth-order valence-electron chi connectivity index (χ4n) is 3.29. The van der Waals surface area contributed by atoms with Gasteiger partial charge in [0, 0.05) is 17.0 Å². The van der Waals surface area contributed by atoms with Crippen LogP contribution in [0.4, 0.5) is 4.39 Å². The molecule has 2 heterocycles. The third-order valence-corrected chi connectivity index (χ3v) is 4.73. The van der Waals surface area contributed by atoms with Crippen LogP contribution in [0.5, 0.6) is 23.0 Å². The van der Waals surface area contributed by atoms with E-state index in [9.17, 15) is 14.3 Å². The van der Waals surface area contributed by atoms with Crippen molar-refractivity contribution in [1.29, 1.82) is 0 Å². The van der Waals surface area contributed by atoms with Gasteiger partial charge in [-0.3, -0.25) is 0 Å². The number of fused-ring (bicyclic) bond motifs is 2. The van der Waals surface area contributed by atoms with E-state index in [0.29, 0.717) is 39.8 Å². The highest BCUT2D eigenvalue weighted by atomic mass is 19.1. The van der Waals surface area contributed by atoms with Crippen LogP contribution in [-0.4, -0.2) is 22.9 Å². The third kappa shape index (κ3) is 3.26. The number of pyridine rings is 1. The minimum atomic E-state index is -1.14. The van der Waals surface area contributed by atoms with E-state index in [1.54, 1.807) is 42.5 Å². The average Bonchev–Trinajstić information content (AvgIpc) is 3.21. The number of aromatic nitrogens is 1. The van der Waals surface area contributed by atoms with Gasteiger partial charge in [0.25, 0.3) is 0 Å². The summed E-state index contributed by atoms with van der Waals surface area (Å²) in [6, 6.07) is 17.7. The molecule has 0 spiro atoms. The Morgan fingerprint density at radius 1 is 0.933 bits per heavy atom. The number of carbonyl (C=O) groups is 1. The molecule has 6 nitrogen and oxygen atoms in total. The van der Waals surface area contributed by atoms with Gasteiger partial charge in [-0.05, 0) is 60.7 Å². The normalized spacial score (nSPS) is 12.2. The van der Waals surface area contributed by atoms with Crippen molar-refractivity contribution in [3.05, 3.63) is 78.1 Å². The molecule has 3 aromatic carbocycles. The summed E-state index contributed by atoms with van der Waals surface area (Å²) in [5, 5.41) is 9.79. The van der Waals surface area contributed by atoms with Crippen LogP contribution in [0.25, 0.3) is 22.2 Å². The molecule has 5 rings (SSSR count). The lowest BCUT2D eigenvalue weighted by Gasteiger charge is -2.09. The van der Waals surface area contributed by atoms with Crippen molar-refractivity contribution >= 4 is 16.9 Å². The van der Waals surface area contributed by atoms with Crippen LogP contribution in [0.2, 0.25) is 0 Å². The second kappa shape index (κ2) is 7.04. The Morgan fingerprint density at radius 3 is 2.50 bits per heavy atom. The Labute approximate surface area is 170 Å². The van der Waals surface area contributed by atoms with Crippen LogP contribution in [0, 0.1) is 5.82 Å². The maximum atomic E-state index is 13.6. The van der Waals surface area contributed by atoms with Crippen molar-refractivity contribution in [3.8, 4) is 34.3 Å². The summed E-state index contributed by atoms with van der Waals surface area (Å²) in [5.74, 6) is 0.850. The van der Waals surface area contributed by atoms with Gasteiger partial charge in [-0.15, -0.1) is 0 Å². The lowest BCUT2D eigenvalue weighted by molar-refractivity contribution is 0.0699. The zero-order valence-corrected chi connectivity index (χ0v) is 15.5. The number of hydrogen-bond acceptors (Lipinski definition) is 5. The van der Waals surface area contributed by atoms with E-state index < -0.39 is 11.8 Å². The predicted octanol–water partition coefficient (Wildman–Crippen LogP) is 5.26. The standard InChI is InChI=1S/C23H14FNO5/c24-14-3-7-19-17(9-14)18(23(26)27)11-20(25-19)13-1-4-15(5-2-13)30-16-6-8-21-22(10-16)29-12-28-21/h1-11H,12H2,(H,26,27).